The molecule has 1 N–H and O–H groups in total. The van der Waals surface area contributed by atoms with E-state index in [1.54, 1.807) is 18.2 Å². The van der Waals surface area contributed by atoms with Gasteiger partial charge in [-0.05, 0) is 28.7 Å². The van der Waals surface area contributed by atoms with Gasteiger partial charge in [0, 0.05) is 13.1 Å². The number of rotatable bonds is 8. The van der Waals surface area contributed by atoms with E-state index < -0.39 is 16.0 Å². The molecule has 0 radical (unpaired) electrons. The summed E-state index contributed by atoms with van der Waals surface area (Å²) in [5.74, 6) is -0.909. The quantitative estimate of drug-likeness (QED) is 0.784. The second kappa shape index (κ2) is 8.27. The van der Waals surface area contributed by atoms with E-state index in [1.165, 1.54) is 16.1 Å². The Hall–Kier alpha value is -2.18. The summed E-state index contributed by atoms with van der Waals surface area (Å²) in [6, 6.07) is 14.9. The largest absolute Gasteiger partial charge is 0.481 e. The van der Waals surface area contributed by atoms with E-state index in [0.29, 0.717) is 5.56 Å². The molecular formula is C19H23NO4S. The predicted octanol–water partition coefficient (Wildman–Crippen LogP) is 2.84. The van der Waals surface area contributed by atoms with Crippen molar-refractivity contribution in [3.63, 3.8) is 0 Å². The van der Waals surface area contributed by atoms with Crippen LogP contribution in [-0.4, -0.2) is 30.1 Å². The van der Waals surface area contributed by atoms with E-state index in [2.05, 4.69) is 6.92 Å². The summed E-state index contributed by atoms with van der Waals surface area (Å²) in [4.78, 5) is 10.8. The molecule has 0 aliphatic carbocycles. The Morgan fingerprint density at radius 1 is 0.960 bits per heavy atom. The molecule has 0 unspecified atom stereocenters. The lowest BCUT2D eigenvalue weighted by Crippen LogP contribution is -2.29. The summed E-state index contributed by atoms with van der Waals surface area (Å²) in [6.07, 6.45) is 2.05. The molecule has 134 valence electrons. The topological polar surface area (TPSA) is 74.7 Å². The number of hydrogen-bond acceptors (Lipinski definition) is 3. The molecule has 25 heavy (non-hydrogen) atoms. The maximum Gasteiger partial charge on any atom is 0.307 e. The third kappa shape index (κ3) is 5.99. The molecule has 0 aliphatic rings. The molecule has 0 saturated carbocycles. The van der Waals surface area contributed by atoms with Crippen LogP contribution in [0, 0.1) is 0 Å². The van der Waals surface area contributed by atoms with Crippen LogP contribution >= 0.6 is 0 Å². The van der Waals surface area contributed by atoms with E-state index in [4.69, 9.17) is 5.11 Å². The fourth-order valence-corrected chi connectivity index (χ4v) is 3.36. The van der Waals surface area contributed by atoms with Gasteiger partial charge in [0.2, 0.25) is 10.0 Å². The monoisotopic (exact) mass is 361 g/mol. The number of sulfonamides is 1. The van der Waals surface area contributed by atoms with Gasteiger partial charge in [0.25, 0.3) is 0 Å². The molecule has 0 heterocycles. The predicted molar refractivity (Wildman–Crippen MR) is 97.7 cm³/mol. The van der Waals surface area contributed by atoms with Crippen molar-refractivity contribution in [2.75, 3.05) is 6.26 Å². The van der Waals surface area contributed by atoms with Crippen LogP contribution in [0.15, 0.2) is 48.5 Å². The zero-order valence-electron chi connectivity index (χ0n) is 14.5. The SMILES string of the molecule is CCc1ccc(CN(Cc2cccc(CC(=O)O)c2)S(C)(=O)=O)cc1. The zero-order valence-corrected chi connectivity index (χ0v) is 15.3. The molecule has 2 rings (SSSR count). The second-order valence-corrected chi connectivity index (χ2v) is 8.07. The van der Waals surface area contributed by atoms with Crippen molar-refractivity contribution in [3.05, 3.63) is 70.8 Å². The third-order valence-corrected chi connectivity index (χ3v) is 5.16. The fraction of sp³-hybridized carbons (Fsp3) is 0.316. The van der Waals surface area contributed by atoms with Gasteiger partial charge in [-0.15, -0.1) is 0 Å². The van der Waals surface area contributed by atoms with E-state index in [-0.39, 0.29) is 19.5 Å². The third-order valence-electron chi connectivity index (χ3n) is 3.96. The summed E-state index contributed by atoms with van der Waals surface area (Å²) in [6.45, 7) is 2.57. The lowest BCUT2D eigenvalue weighted by molar-refractivity contribution is -0.136. The molecule has 0 aliphatic heterocycles. The van der Waals surface area contributed by atoms with Gasteiger partial charge < -0.3 is 5.11 Å². The van der Waals surface area contributed by atoms with E-state index in [1.807, 2.05) is 30.3 Å². The van der Waals surface area contributed by atoms with Crippen LogP contribution in [0.1, 0.15) is 29.2 Å². The van der Waals surface area contributed by atoms with Crippen molar-refractivity contribution in [1.82, 2.24) is 4.31 Å². The lowest BCUT2D eigenvalue weighted by atomic mass is 10.1. The van der Waals surface area contributed by atoms with Crippen molar-refractivity contribution in [1.29, 1.82) is 0 Å². The molecule has 5 nitrogen and oxygen atoms in total. The number of carbonyl (C=O) groups is 1. The number of carboxylic acid groups (broad SMARTS) is 1. The van der Waals surface area contributed by atoms with Gasteiger partial charge in [-0.1, -0.05) is 55.5 Å². The first-order valence-electron chi connectivity index (χ1n) is 8.10. The summed E-state index contributed by atoms with van der Waals surface area (Å²) in [7, 11) is -3.40. The molecule has 0 aromatic heterocycles. The second-order valence-electron chi connectivity index (χ2n) is 6.09. The van der Waals surface area contributed by atoms with Crippen molar-refractivity contribution in [3.8, 4) is 0 Å². The number of aliphatic carboxylic acids is 1. The fourth-order valence-electron chi connectivity index (χ4n) is 2.59. The number of benzene rings is 2. The number of hydrogen-bond donors (Lipinski definition) is 1. The van der Waals surface area contributed by atoms with Crippen molar-refractivity contribution < 1.29 is 18.3 Å². The van der Waals surface area contributed by atoms with Crippen molar-refractivity contribution in [2.24, 2.45) is 0 Å². The molecule has 0 fully saturated rings. The first-order chi connectivity index (χ1) is 11.8. The molecule has 2 aromatic rings. The Balaban J connectivity index is 2.19. The highest BCUT2D eigenvalue weighted by molar-refractivity contribution is 7.88. The summed E-state index contributed by atoms with van der Waals surface area (Å²) in [5, 5.41) is 8.90. The van der Waals surface area contributed by atoms with E-state index in [9.17, 15) is 13.2 Å². The number of aryl methyl sites for hydroxylation is 1. The normalized spacial score (nSPS) is 11.6. The summed E-state index contributed by atoms with van der Waals surface area (Å²) < 4.78 is 25.7. The smallest absolute Gasteiger partial charge is 0.307 e. The zero-order chi connectivity index (χ0) is 18.4. The molecule has 0 saturated heterocycles. The van der Waals surface area contributed by atoms with Crippen LogP contribution in [0.3, 0.4) is 0 Å². The molecule has 0 atom stereocenters. The van der Waals surface area contributed by atoms with Gasteiger partial charge >= 0.3 is 5.97 Å². The molecule has 0 spiro atoms. The Bertz CT molecular complexity index is 829. The van der Waals surface area contributed by atoms with Crippen LogP contribution in [0.4, 0.5) is 0 Å². The standard InChI is InChI=1S/C19H23NO4S/c1-3-15-7-9-16(10-8-15)13-20(25(2,23)24)14-18-6-4-5-17(11-18)12-19(21)22/h4-11H,3,12-14H2,1-2H3,(H,21,22). The van der Waals surface area contributed by atoms with Gasteiger partial charge in [0.05, 0.1) is 12.7 Å². The highest BCUT2D eigenvalue weighted by Crippen LogP contribution is 2.16. The lowest BCUT2D eigenvalue weighted by Gasteiger charge is -2.20. The minimum absolute atomic E-state index is 0.0782. The van der Waals surface area contributed by atoms with Crippen LogP contribution in [0.2, 0.25) is 0 Å². The first kappa shape index (κ1) is 19.1. The van der Waals surface area contributed by atoms with Gasteiger partial charge in [0.15, 0.2) is 0 Å². The minimum Gasteiger partial charge on any atom is -0.481 e. The Kier molecular flexibility index (Phi) is 6.33. The molecule has 6 heteroatoms. The first-order valence-corrected chi connectivity index (χ1v) is 9.95. The summed E-state index contributed by atoms with van der Waals surface area (Å²) in [5.41, 5.74) is 3.56. The molecule has 2 aromatic carbocycles. The molecule has 0 bridgehead atoms. The van der Waals surface area contributed by atoms with Gasteiger partial charge in [-0.3, -0.25) is 4.79 Å². The van der Waals surface area contributed by atoms with Gasteiger partial charge in [-0.2, -0.15) is 4.31 Å². The van der Waals surface area contributed by atoms with Crippen LogP contribution < -0.4 is 0 Å². The van der Waals surface area contributed by atoms with E-state index >= 15 is 0 Å². The van der Waals surface area contributed by atoms with Gasteiger partial charge in [-0.25, -0.2) is 8.42 Å². The maximum atomic E-state index is 12.2. The Morgan fingerprint density at radius 2 is 1.52 bits per heavy atom. The van der Waals surface area contributed by atoms with Crippen LogP contribution in [0.5, 0.6) is 0 Å². The highest BCUT2D eigenvalue weighted by Gasteiger charge is 2.18. The maximum absolute atomic E-state index is 12.2. The highest BCUT2D eigenvalue weighted by atomic mass is 32.2. The average molecular weight is 361 g/mol. The van der Waals surface area contributed by atoms with Crippen molar-refractivity contribution in [2.45, 2.75) is 32.9 Å². The Labute approximate surface area is 149 Å². The average Bonchev–Trinajstić information content (AvgIpc) is 2.54. The molecule has 0 amide bonds. The molecular weight excluding hydrogens is 338 g/mol. The number of nitrogens with zero attached hydrogens (tertiary/aromatic N) is 1. The van der Waals surface area contributed by atoms with Gasteiger partial charge in [0.1, 0.15) is 0 Å². The minimum atomic E-state index is -3.40. The van der Waals surface area contributed by atoms with Crippen molar-refractivity contribution >= 4 is 16.0 Å². The van der Waals surface area contributed by atoms with Crippen LogP contribution in [0.25, 0.3) is 0 Å². The Morgan fingerprint density at radius 3 is 2.08 bits per heavy atom. The summed E-state index contributed by atoms with van der Waals surface area (Å²) >= 11 is 0. The number of carboxylic acids is 1. The van der Waals surface area contributed by atoms with Crippen LogP contribution in [-0.2, 0) is 40.7 Å². The van der Waals surface area contributed by atoms with E-state index in [0.717, 1.165) is 17.5 Å².